The highest BCUT2D eigenvalue weighted by molar-refractivity contribution is 5.97. The van der Waals surface area contributed by atoms with E-state index in [1.165, 1.54) is 12.1 Å². The van der Waals surface area contributed by atoms with Crippen LogP contribution in [0, 0.1) is 17.1 Å². The van der Waals surface area contributed by atoms with Crippen LogP contribution in [0.1, 0.15) is 28.7 Å². The summed E-state index contributed by atoms with van der Waals surface area (Å²) in [7, 11) is 4.00. The molecule has 1 fully saturated rings. The first-order valence-electron chi connectivity index (χ1n) is 9.33. The molecule has 0 radical (unpaired) electrons. The number of benzene rings is 2. The predicted octanol–water partition coefficient (Wildman–Crippen LogP) is 2.33. The number of nitrogens with one attached hydrogen (secondary N) is 1. The van der Waals surface area contributed by atoms with Gasteiger partial charge < -0.3 is 15.0 Å². The Bertz CT molecular complexity index is 951. The van der Waals surface area contributed by atoms with Gasteiger partial charge >= 0.3 is 0 Å². The zero-order chi connectivity index (χ0) is 19.9. The summed E-state index contributed by atoms with van der Waals surface area (Å²) in [6.45, 7) is 0.959. The molecular weight excluding hydrogens is 357 g/mol. The second-order valence-electron chi connectivity index (χ2n) is 7.64. The lowest BCUT2D eigenvalue weighted by Crippen LogP contribution is -2.47. The smallest absolute Gasteiger partial charge is 0.190 e. The molecule has 2 aliphatic heterocycles. The van der Waals surface area contributed by atoms with Gasteiger partial charge in [-0.25, -0.2) is 4.39 Å². The molecule has 144 valence electrons. The lowest BCUT2D eigenvalue weighted by Gasteiger charge is -2.31. The largest absolute Gasteiger partial charge is 0.353 e. The first-order valence-corrected chi connectivity index (χ1v) is 9.33. The van der Waals surface area contributed by atoms with Gasteiger partial charge in [0.1, 0.15) is 5.82 Å². The number of ketones is 1. The van der Waals surface area contributed by atoms with Crippen molar-refractivity contribution >= 4 is 5.78 Å². The summed E-state index contributed by atoms with van der Waals surface area (Å²) < 4.78 is 19.7. The first-order chi connectivity index (χ1) is 13.5. The molecule has 3 atom stereocenters. The quantitative estimate of drug-likeness (QED) is 0.883. The van der Waals surface area contributed by atoms with E-state index in [0.717, 1.165) is 17.7 Å². The SMILES string of the molecule is CN(C)C1CNC(C(=O)C2(c3ccc(F)cc3)OCc3cc(C#N)ccc32)C1. The van der Waals surface area contributed by atoms with Gasteiger partial charge in [0.2, 0.25) is 0 Å². The zero-order valence-corrected chi connectivity index (χ0v) is 15.9. The summed E-state index contributed by atoms with van der Waals surface area (Å²) in [4.78, 5) is 15.9. The summed E-state index contributed by atoms with van der Waals surface area (Å²) >= 11 is 0. The molecule has 6 heteroatoms. The molecule has 2 aromatic carbocycles. The highest BCUT2D eigenvalue weighted by atomic mass is 19.1. The predicted molar refractivity (Wildman–Crippen MR) is 102 cm³/mol. The normalized spacial score (nSPS) is 26.2. The number of Topliss-reactive ketones (excluding diaryl/α,β-unsaturated/α-hetero) is 1. The van der Waals surface area contributed by atoms with Crippen LogP contribution in [0.25, 0.3) is 0 Å². The summed E-state index contributed by atoms with van der Waals surface area (Å²) in [5.74, 6) is -0.442. The van der Waals surface area contributed by atoms with E-state index in [9.17, 15) is 14.4 Å². The van der Waals surface area contributed by atoms with Crippen LogP contribution < -0.4 is 5.32 Å². The number of likely N-dealkylation sites (N-methyl/N-ethyl adjacent to an activating group) is 1. The molecule has 4 rings (SSSR count). The van der Waals surface area contributed by atoms with E-state index in [1.54, 1.807) is 30.3 Å². The topological polar surface area (TPSA) is 65.4 Å². The molecule has 0 aromatic heterocycles. The van der Waals surface area contributed by atoms with Crippen LogP contribution in [0.5, 0.6) is 0 Å². The van der Waals surface area contributed by atoms with Gasteiger partial charge in [-0.05, 0) is 55.9 Å². The fraction of sp³-hybridized carbons (Fsp3) is 0.364. The van der Waals surface area contributed by atoms with E-state index in [4.69, 9.17) is 4.74 Å². The third-order valence-electron chi connectivity index (χ3n) is 5.81. The van der Waals surface area contributed by atoms with Crippen LogP contribution in [-0.4, -0.2) is 43.4 Å². The third kappa shape index (κ3) is 2.92. The number of nitrogens with zero attached hydrogens (tertiary/aromatic N) is 2. The minimum Gasteiger partial charge on any atom is -0.353 e. The Morgan fingerprint density at radius 2 is 2.04 bits per heavy atom. The van der Waals surface area contributed by atoms with Crippen LogP contribution in [0.4, 0.5) is 4.39 Å². The molecule has 2 aromatic rings. The average molecular weight is 379 g/mol. The Morgan fingerprint density at radius 3 is 2.68 bits per heavy atom. The van der Waals surface area contributed by atoms with Crippen molar-refractivity contribution in [2.24, 2.45) is 0 Å². The van der Waals surface area contributed by atoms with Gasteiger partial charge in [-0.3, -0.25) is 4.79 Å². The molecular formula is C22H22FN3O2. The lowest BCUT2D eigenvalue weighted by atomic mass is 9.79. The van der Waals surface area contributed by atoms with Crippen molar-refractivity contribution < 1.29 is 13.9 Å². The minimum atomic E-state index is -1.30. The second-order valence-corrected chi connectivity index (χ2v) is 7.64. The summed E-state index contributed by atoms with van der Waals surface area (Å²) in [6.07, 6.45) is 0.684. The third-order valence-corrected chi connectivity index (χ3v) is 5.81. The molecule has 1 saturated heterocycles. The maximum Gasteiger partial charge on any atom is 0.190 e. The van der Waals surface area contributed by atoms with Gasteiger partial charge in [0.15, 0.2) is 11.4 Å². The van der Waals surface area contributed by atoms with Gasteiger partial charge in [0, 0.05) is 18.2 Å². The molecule has 2 heterocycles. The maximum atomic E-state index is 13.8. The zero-order valence-electron chi connectivity index (χ0n) is 15.9. The second kappa shape index (κ2) is 7.10. The van der Waals surface area contributed by atoms with Gasteiger partial charge in [-0.2, -0.15) is 5.26 Å². The van der Waals surface area contributed by atoms with Crippen LogP contribution in [0.15, 0.2) is 42.5 Å². The Hall–Kier alpha value is -2.59. The molecule has 0 aliphatic carbocycles. The lowest BCUT2D eigenvalue weighted by molar-refractivity contribution is -0.141. The van der Waals surface area contributed by atoms with Crippen LogP contribution >= 0.6 is 0 Å². The van der Waals surface area contributed by atoms with Crippen molar-refractivity contribution in [1.82, 2.24) is 10.2 Å². The molecule has 0 bridgehead atoms. The van der Waals surface area contributed by atoms with E-state index in [1.807, 2.05) is 14.1 Å². The Morgan fingerprint density at radius 1 is 1.29 bits per heavy atom. The molecule has 3 unspecified atom stereocenters. The molecule has 0 saturated carbocycles. The Kier molecular flexibility index (Phi) is 4.76. The number of hydrogen-bond acceptors (Lipinski definition) is 5. The first kappa shape index (κ1) is 18.8. The fourth-order valence-electron chi connectivity index (χ4n) is 4.21. The van der Waals surface area contributed by atoms with Gasteiger partial charge in [0.05, 0.1) is 24.3 Å². The van der Waals surface area contributed by atoms with Crippen molar-refractivity contribution in [2.45, 2.75) is 30.7 Å². The standard InChI is InChI=1S/C22H22FN3O2/c1-26(2)18-10-20(25-12-18)21(27)22(16-4-6-17(23)7-5-16)19-8-3-14(11-24)9-15(19)13-28-22/h3-9,18,20,25H,10,12-13H2,1-2H3. The number of halogens is 1. The minimum absolute atomic E-state index is 0.0769. The number of carbonyl (C=O) groups excluding carboxylic acids is 1. The van der Waals surface area contributed by atoms with E-state index in [-0.39, 0.29) is 30.3 Å². The van der Waals surface area contributed by atoms with E-state index in [2.05, 4.69) is 16.3 Å². The molecule has 0 amide bonds. The number of fused-ring (bicyclic) bond motifs is 1. The average Bonchev–Trinajstić information content (AvgIpc) is 3.33. The number of nitriles is 1. The Labute approximate surface area is 163 Å². The van der Waals surface area contributed by atoms with Gasteiger partial charge in [-0.15, -0.1) is 0 Å². The molecule has 2 aliphatic rings. The van der Waals surface area contributed by atoms with Crippen molar-refractivity contribution in [2.75, 3.05) is 20.6 Å². The fourth-order valence-corrected chi connectivity index (χ4v) is 4.21. The number of carbonyl (C=O) groups is 1. The van der Waals surface area contributed by atoms with Crippen molar-refractivity contribution in [3.8, 4) is 6.07 Å². The summed E-state index contributed by atoms with van der Waals surface area (Å²) in [5.41, 5.74) is 1.39. The van der Waals surface area contributed by atoms with Crippen molar-refractivity contribution in [1.29, 1.82) is 5.26 Å². The highest BCUT2D eigenvalue weighted by Gasteiger charge is 2.51. The number of rotatable bonds is 4. The monoisotopic (exact) mass is 379 g/mol. The molecule has 0 spiro atoms. The number of ether oxygens (including phenoxy) is 1. The van der Waals surface area contributed by atoms with Crippen molar-refractivity contribution in [3.05, 3.63) is 70.5 Å². The molecule has 1 N–H and O–H groups in total. The highest BCUT2D eigenvalue weighted by Crippen LogP contribution is 2.44. The van der Waals surface area contributed by atoms with Gasteiger partial charge in [-0.1, -0.05) is 18.2 Å². The summed E-state index contributed by atoms with van der Waals surface area (Å²) in [6, 6.07) is 13.2. The van der Waals surface area contributed by atoms with E-state index in [0.29, 0.717) is 17.5 Å². The molecule has 5 nitrogen and oxygen atoms in total. The Balaban J connectivity index is 1.80. The summed E-state index contributed by atoms with van der Waals surface area (Å²) in [5, 5.41) is 12.5. The van der Waals surface area contributed by atoms with E-state index < -0.39 is 5.60 Å². The number of hydrogen-bond donors (Lipinski definition) is 1. The maximum absolute atomic E-state index is 13.8. The van der Waals surface area contributed by atoms with Crippen molar-refractivity contribution in [3.63, 3.8) is 0 Å². The van der Waals surface area contributed by atoms with Crippen LogP contribution in [0.3, 0.4) is 0 Å². The van der Waals surface area contributed by atoms with Crippen LogP contribution in [0.2, 0.25) is 0 Å². The molecule has 28 heavy (non-hydrogen) atoms. The van der Waals surface area contributed by atoms with Crippen LogP contribution in [-0.2, 0) is 21.7 Å². The van der Waals surface area contributed by atoms with E-state index >= 15 is 0 Å². The van der Waals surface area contributed by atoms with Gasteiger partial charge in [0.25, 0.3) is 0 Å².